The minimum absolute atomic E-state index is 0.189. The van der Waals surface area contributed by atoms with Crippen LogP contribution in [0.4, 0.5) is 0 Å². The lowest BCUT2D eigenvalue weighted by atomic mass is 9.91. The SMILES string of the molecule is CCC(CN(C)C1CCC1)C(=O)O. The Hall–Kier alpha value is -0.570. The van der Waals surface area contributed by atoms with Crippen LogP contribution in [0.2, 0.25) is 0 Å². The fourth-order valence-electron chi connectivity index (χ4n) is 1.71. The molecule has 1 rings (SSSR count). The molecule has 1 aliphatic rings. The number of rotatable bonds is 5. The molecule has 1 N–H and O–H groups in total. The Morgan fingerprint density at radius 1 is 1.62 bits per heavy atom. The van der Waals surface area contributed by atoms with Gasteiger partial charge in [0.2, 0.25) is 0 Å². The summed E-state index contributed by atoms with van der Waals surface area (Å²) in [5.74, 6) is -0.848. The molecule has 1 unspecified atom stereocenters. The zero-order chi connectivity index (χ0) is 9.84. The second kappa shape index (κ2) is 4.61. The van der Waals surface area contributed by atoms with Gasteiger partial charge in [-0.15, -0.1) is 0 Å². The molecule has 76 valence electrons. The number of carboxylic acids is 1. The number of hydrogen-bond acceptors (Lipinski definition) is 2. The molecule has 1 saturated carbocycles. The predicted molar refractivity (Wildman–Crippen MR) is 51.7 cm³/mol. The number of hydrogen-bond donors (Lipinski definition) is 1. The maximum absolute atomic E-state index is 10.8. The Labute approximate surface area is 79.7 Å². The van der Waals surface area contributed by atoms with Gasteiger partial charge in [0.15, 0.2) is 0 Å². The lowest BCUT2D eigenvalue weighted by molar-refractivity contribution is -0.142. The number of carbonyl (C=O) groups is 1. The summed E-state index contributed by atoms with van der Waals surface area (Å²) in [6.45, 7) is 2.64. The Balaban J connectivity index is 2.31. The van der Waals surface area contributed by atoms with Gasteiger partial charge in [-0.05, 0) is 26.3 Å². The van der Waals surface area contributed by atoms with Crippen molar-refractivity contribution >= 4 is 5.97 Å². The molecule has 0 heterocycles. The van der Waals surface area contributed by atoms with Gasteiger partial charge in [-0.3, -0.25) is 4.79 Å². The van der Waals surface area contributed by atoms with E-state index in [0.29, 0.717) is 12.6 Å². The molecule has 1 aliphatic carbocycles. The summed E-state index contributed by atoms with van der Waals surface area (Å²) in [4.78, 5) is 13.0. The van der Waals surface area contributed by atoms with E-state index in [-0.39, 0.29) is 5.92 Å². The summed E-state index contributed by atoms with van der Waals surface area (Å²) in [5, 5.41) is 8.87. The van der Waals surface area contributed by atoms with E-state index in [1.54, 1.807) is 0 Å². The maximum Gasteiger partial charge on any atom is 0.307 e. The van der Waals surface area contributed by atoms with Gasteiger partial charge >= 0.3 is 5.97 Å². The topological polar surface area (TPSA) is 40.5 Å². The van der Waals surface area contributed by atoms with Gasteiger partial charge in [0.25, 0.3) is 0 Å². The lowest BCUT2D eigenvalue weighted by Crippen LogP contribution is -2.41. The highest BCUT2D eigenvalue weighted by molar-refractivity contribution is 5.70. The van der Waals surface area contributed by atoms with E-state index in [4.69, 9.17) is 5.11 Å². The van der Waals surface area contributed by atoms with Crippen molar-refractivity contribution in [2.75, 3.05) is 13.6 Å². The third-order valence-electron chi connectivity index (χ3n) is 3.05. The molecule has 0 bridgehead atoms. The van der Waals surface area contributed by atoms with E-state index in [1.165, 1.54) is 19.3 Å². The first-order chi connectivity index (χ1) is 6.15. The quantitative estimate of drug-likeness (QED) is 0.707. The van der Waals surface area contributed by atoms with Crippen LogP contribution in [-0.4, -0.2) is 35.6 Å². The molecule has 1 atom stereocenters. The van der Waals surface area contributed by atoms with E-state index in [1.807, 2.05) is 14.0 Å². The standard InChI is InChI=1S/C10H19NO2/c1-3-8(10(12)13)7-11(2)9-5-4-6-9/h8-9H,3-7H2,1-2H3,(H,12,13). The summed E-state index contributed by atoms with van der Waals surface area (Å²) in [6.07, 6.45) is 4.52. The minimum Gasteiger partial charge on any atom is -0.481 e. The number of aliphatic carboxylic acids is 1. The van der Waals surface area contributed by atoms with E-state index < -0.39 is 5.97 Å². The van der Waals surface area contributed by atoms with Crippen molar-refractivity contribution in [3.63, 3.8) is 0 Å². The summed E-state index contributed by atoms with van der Waals surface area (Å²) < 4.78 is 0. The zero-order valence-electron chi connectivity index (χ0n) is 8.49. The summed E-state index contributed by atoms with van der Waals surface area (Å²) in [6, 6.07) is 0.647. The van der Waals surface area contributed by atoms with Crippen LogP contribution >= 0.6 is 0 Å². The summed E-state index contributed by atoms with van der Waals surface area (Å²) in [7, 11) is 2.04. The normalized spacial score (nSPS) is 19.9. The largest absolute Gasteiger partial charge is 0.481 e. The smallest absolute Gasteiger partial charge is 0.307 e. The molecule has 1 fully saturated rings. The van der Waals surface area contributed by atoms with Crippen LogP contribution in [0.15, 0.2) is 0 Å². The molecule has 0 amide bonds. The van der Waals surface area contributed by atoms with Gasteiger partial charge in [0.1, 0.15) is 0 Å². The highest BCUT2D eigenvalue weighted by atomic mass is 16.4. The van der Waals surface area contributed by atoms with Crippen molar-refractivity contribution in [1.82, 2.24) is 4.90 Å². The third kappa shape index (κ3) is 2.69. The second-order valence-electron chi connectivity index (χ2n) is 3.97. The predicted octanol–water partition coefficient (Wildman–Crippen LogP) is 1.58. The van der Waals surface area contributed by atoms with E-state index >= 15 is 0 Å². The highest BCUT2D eigenvalue weighted by Crippen LogP contribution is 2.24. The zero-order valence-corrected chi connectivity index (χ0v) is 8.49. The van der Waals surface area contributed by atoms with Crippen LogP contribution in [0, 0.1) is 5.92 Å². The van der Waals surface area contributed by atoms with Gasteiger partial charge in [0, 0.05) is 12.6 Å². The van der Waals surface area contributed by atoms with Crippen LogP contribution in [0.25, 0.3) is 0 Å². The van der Waals surface area contributed by atoms with Crippen LogP contribution in [0.5, 0.6) is 0 Å². The first-order valence-corrected chi connectivity index (χ1v) is 5.08. The molecule has 0 spiro atoms. The van der Waals surface area contributed by atoms with E-state index in [9.17, 15) is 4.79 Å². The average molecular weight is 185 g/mol. The van der Waals surface area contributed by atoms with E-state index in [0.717, 1.165) is 6.42 Å². The molecule has 3 nitrogen and oxygen atoms in total. The van der Waals surface area contributed by atoms with Crippen molar-refractivity contribution in [3.05, 3.63) is 0 Å². The Bertz CT molecular complexity index is 178. The maximum atomic E-state index is 10.8. The number of carboxylic acid groups (broad SMARTS) is 1. The molecule has 0 saturated heterocycles. The Morgan fingerprint density at radius 3 is 2.54 bits per heavy atom. The first kappa shape index (κ1) is 10.5. The van der Waals surface area contributed by atoms with Crippen molar-refractivity contribution < 1.29 is 9.90 Å². The molecule has 0 aliphatic heterocycles. The fraction of sp³-hybridized carbons (Fsp3) is 0.900. The molecule has 3 heteroatoms. The van der Waals surface area contributed by atoms with E-state index in [2.05, 4.69) is 4.90 Å². The monoisotopic (exact) mass is 185 g/mol. The van der Waals surface area contributed by atoms with Gasteiger partial charge in [0.05, 0.1) is 5.92 Å². The van der Waals surface area contributed by atoms with Gasteiger partial charge < -0.3 is 10.0 Å². The number of nitrogens with zero attached hydrogens (tertiary/aromatic N) is 1. The minimum atomic E-state index is -0.659. The van der Waals surface area contributed by atoms with Gasteiger partial charge in [-0.25, -0.2) is 0 Å². The third-order valence-corrected chi connectivity index (χ3v) is 3.05. The van der Waals surface area contributed by atoms with Crippen molar-refractivity contribution in [3.8, 4) is 0 Å². The average Bonchev–Trinajstić information content (AvgIpc) is 1.96. The Morgan fingerprint density at radius 2 is 2.23 bits per heavy atom. The molecule has 0 radical (unpaired) electrons. The van der Waals surface area contributed by atoms with Crippen LogP contribution in [0.1, 0.15) is 32.6 Å². The van der Waals surface area contributed by atoms with Crippen molar-refractivity contribution in [2.45, 2.75) is 38.6 Å². The molecule has 0 aromatic heterocycles. The summed E-state index contributed by atoms with van der Waals surface area (Å²) in [5.41, 5.74) is 0. The first-order valence-electron chi connectivity index (χ1n) is 5.08. The second-order valence-corrected chi connectivity index (χ2v) is 3.97. The Kier molecular flexibility index (Phi) is 3.72. The lowest BCUT2D eigenvalue weighted by Gasteiger charge is -2.35. The van der Waals surface area contributed by atoms with Crippen LogP contribution < -0.4 is 0 Å². The highest BCUT2D eigenvalue weighted by Gasteiger charge is 2.25. The fourth-order valence-corrected chi connectivity index (χ4v) is 1.71. The van der Waals surface area contributed by atoms with Gasteiger partial charge in [-0.1, -0.05) is 13.3 Å². The molecular formula is C10H19NO2. The molecule has 13 heavy (non-hydrogen) atoms. The van der Waals surface area contributed by atoms with Crippen molar-refractivity contribution in [2.24, 2.45) is 5.92 Å². The van der Waals surface area contributed by atoms with Crippen LogP contribution in [-0.2, 0) is 4.79 Å². The molecular weight excluding hydrogens is 166 g/mol. The van der Waals surface area contributed by atoms with Crippen molar-refractivity contribution in [1.29, 1.82) is 0 Å². The van der Waals surface area contributed by atoms with Crippen LogP contribution in [0.3, 0.4) is 0 Å². The molecule has 0 aromatic rings. The molecule has 0 aromatic carbocycles. The van der Waals surface area contributed by atoms with Gasteiger partial charge in [-0.2, -0.15) is 0 Å². The summed E-state index contributed by atoms with van der Waals surface area (Å²) >= 11 is 0.